The van der Waals surface area contributed by atoms with Crippen LogP contribution in [0.1, 0.15) is 54.3 Å². The van der Waals surface area contributed by atoms with E-state index in [0.717, 1.165) is 27.8 Å². The third-order valence-corrected chi connectivity index (χ3v) is 10.3. The lowest BCUT2D eigenvalue weighted by Gasteiger charge is -2.32. The number of carbonyl (C=O) groups is 3. The number of carboxylic acid groups (broad SMARTS) is 1. The molecule has 4 aromatic carbocycles. The maximum Gasteiger partial charge on any atom is 0.407 e. The first kappa shape index (κ1) is 35.7. The van der Waals surface area contributed by atoms with Gasteiger partial charge in [0.1, 0.15) is 46.9 Å². The molecule has 266 valence electrons. The molecular weight excluding hydrogens is 669 g/mol. The van der Waals surface area contributed by atoms with E-state index in [4.69, 9.17) is 18.9 Å². The van der Waals surface area contributed by atoms with E-state index >= 15 is 0 Å². The number of benzene rings is 4. The molecule has 3 atom stereocenters. The summed E-state index contributed by atoms with van der Waals surface area (Å²) in [5.41, 5.74) is 5.27. The summed E-state index contributed by atoms with van der Waals surface area (Å²) < 4.78 is 22.8. The number of carboxylic acids is 1. The second kappa shape index (κ2) is 15.0. The van der Waals surface area contributed by atoms with E-state index in [1.807, 2.05) is 81.4 Å². The predicted octanol–water partition coefficient (Wildman–Crippen LogP) is 7.06. The van der Waals surface area contributed by atoms with Gasteiger partial charge in [-0.05, 0) is 72.9 Å². The van der Waals surface area contributed by atoms with Crippen molar-refractivity contribution in [2.75, 3.05) is 26.6 Å². The van der Waals surface area contributed by atoms with Crippen molar-refractivity contribution in [3.63, 3.8) is 0 Å². The van der Waals surface area contributed by atoms with Crippen molar-refractivity contribution in [1.29, 1.82) is 0 Å². The summed E-state index contributed by atoms with van der Waals surface area (Å²) in [5.74, 6) is -0.0605. The third kappa shape index (κ3) is 7.78. The molecule has 51 heavy (non-hydrogen) atoms. The van der Waals surface area contributed by atoms with E-state index in [2.05, 4.69) is 17.4 Å². The van der Waals surface area contributed by atoms with Crippen molar-refractivity contribution in [2.24, 2.45) is 0 Å². The minimum absolute atomic E-state index is 0.0581. The van der Waals surface area contributed by atoms with E-state index in [1.54, 1.807) is 18.2 Å². The van der Waals surface area contributed by atoms with Crippen molar-refractivity contribution in [3.05, 3.63) is 113 Å². The van der Waals surface area contributed by atoms with Crippen molar-refractivity contribution < 1.29 is 38.4 Å². The van der Waals surface area contributed by atoms with Crippen LogP contribution in [0.3, 0.4) is 0 Å². The number of aliphatic carboxylic acids is 1. The lowest BCUT2D eigenvalue weighted by Crippen LogP contribution is -2.53. The van der Waals surface area contributed by atoms with Crippen LogP contribution in [0.2, 0.25) is 0 Å². The molecule has 10 nitrogen and oxygen atoms in total. The van der Waals surface area contributed by atoms with Crippen LogP contribution in [-0.4, -0.2) is 72.2 Å². The minimum atomic E-state index is -1.15. The molecule has 0 saturated carbocycles. The number of amides is 2. The molecular formula is C40H42N2O8S. The summed E-state index contributed by atoms with van der Waals surface area (Å²) in [4.78, 5) is 42.2. The molecule has 6 rings (SSSR count). The van der Waals surface area contributed by atoms with Crippen LogP contribution in [0.15, 0.2) is 91.0 Å². The molecule has 0 aromatic heterocycles. The fourth-order valence-corrected chi connectivity index (χ4v) is 8.13. The summed E-state index contributed by atoms with van der Waals surface area (Å²) in [6, 6.07) is 26.3. The molecule has 4 aromatic rings. The van der Waals surface area contributed by atoms with Gasteiger partial charge in [0.05, 0.1) is 14.2 Å². The number of ether oxygens (including phenoxy) is 4. The van der Waals surface area contributed by atoms with Gasteiger partial charge in [-0.15, -0.1) is 11.8 Å². The molecule has 2 amide bonds. The number of fused-ring (bicyclic) bond motifs is 3. The van der Waals surface area contributed by atoms with Gasteiger partial charge in [-0.3, -0.25) is 4.79 Å². The Labute approximate surface area is 302 Å². The van der Waals surface area contributed by atoms with Crippen LogP contribution < -0.4 is 19.5 Å². The van der Waals surface area contributed by atoms with Gasteiger partial charge in [0.15, 0.2) is 0 Å². The Bertz CT molecular complexity index is 1860. The molecule has 1 aliphatic heterocycles. The monoisotopic (exact) mass is 710 g/mol. The fourth-order valence-electron chi connectivity index (χ4n) is 6.67. The Morgan fingerprint density at radius 2 is 1.49 bits per heavy atom. The number of nitrogens with one attached hydrogen (secondary N) is 1. The topological polar surface area (TPSA) is 124 Å². The highest BCUT2D eigenvalue weighted by Crippen LogP contribution is 2.47. The largest absolute Gasteiger partial charge is 0.497 e. The van der Waals surface area contributed by atoms with E-state index in [9.17, 15) is 19.5 Å². The summed E-state index contributed by atoms with van der Waals surface area (Å²) in [6.45, 7) is 5.92. The highest BCUT2D eigenvalue weighted by atomic mass is 32.2. The Morgan fingerprint density at radius 1 is 0.863 bits per heavy atom. The van der Waals surface area contributed by atoms with Crippen LogP contribution in [0, 0.1) is 0 Å². The van der Waals surface area contributed by atoms with Gasteiger partial charge < -0.3 is 34.3 Å². The van der Waals surface area contributed by atoms with Crippen LogP contribution in [0.5, 0.6) is 17.2 Å². The molecule has 1 unspecified atom stereocenters. The number of rotatable bonds is 11. The first-order valence-electron chi connectivity index (χ1n) is 16.8. The Hall–Kier alpha value is -5.16. The van der Waals surface area contributed by atoms with Gasteiger partial charge in [0, 0.05) is 29.7 Å². The molecule has 1 heterocycles. The molecule has 2 aliphatic rings. The first-order valence-corrected chi connectivity index (χ1v) is 17.8. The number of hydrogen-bond acceptors (Lipinski definition) is 8. The number of nitrogens with zero attached hydrogens (tertiary/aromatic N) is 1. The number of hydrogen-bond donors (Lipinski definition) is 2. The standard InChI is InChI=1S/C40H42N2O8S/c1-40(2,3)50-25-16-14-24(15-17-25)20-33(41-39(46)49-22-32-29-12-8-6-10-27(29)28-11-7-9-13-30(28)32)36(43)42-34(38(44)45)23-51-37(42)31-19-18-26(47-4)21-35(31)48-5/h6-19,21,32-34,37H,20,22-23H2,1-5H3,(H,41,46)(H,44,45)/t33-,34-,37?/m0/s1. The quantitative estimate of drug-likeness (QED) is 0.168. The van der Waals surface area contributed by atoms with Crippen molar-refractivity contribution in [1.82, 2.24) is 10.2 Å². The zero-order valence-electron chi connectivity index (χ0n) is 29.3. The van der Waals surface area contributed by atoms with Crippen LogP contribution >= 0.6 is 11.8 Å². The van der Waals surface area contributed by atoms with E-state index in [-0.39, 0.29) is 24.7 Å². The molecule has 11 heteroatoms. The van der Waals surface area contributed by atoms with Crippen LogP contribution in [0.4, 0.5) is 4.79 Å². The second-order valence-electron chi connectivity index (χ2n) is 13.5. The molecule has 0 spiro atoms. The lowest BCUT2D eigenvalue weighted by atomic mass is 9.98. The molecule has 2 N–H and O–H groups in total. The Balaban J connectivity index is 1.28. The Kier molecular flexibility index (Phi) is 10.5. The maximum atomic E-state index is 14.6. The predicted molar refractivity (Wildman–Crippen MR) is 196 cm³/mol. The highest BCUT2D eigenvalue weighted by molar-refractivity contribution is 7.99. The molecule has 1 saturated heterocycles. The molecule has 1 aliphatic carbocycles. The smallest absolute Gasteiger partial charge is 0.407 e. The van der Waals surface area contributed by atoms with Crippen molar-refractivity contribution in [3.8, 4) is 28.4 Å². The number of alkyl carbamates (subject to hydrolysis) is 1. The number of methoxy groups -OCH3 is 2. The van der Waals surface area contributed by atoms with E-state index in [1.165, 1.54) is 30.9 Å². The number of thioether (sulfide) groups is 1. The van der Waals surface area contributed by atoms with E-state index < -0.39 is 41.0 Å². The van der Waals surface area contributed by atoms with Gasteiger partial charge >= 0.3 is 12.1 Å². The van der Waals surface area contributed by atoms with Crippen LogP contribution in [0.25, 0.3) is 11.1 Å². The highest BCUT2D eigenvalue weighted by Gasteiger charge is 2.46. The van der Waals surface area contributed by atoms with Gasteiger partial charge in [-0.2, -0.15) is 0 Å². The average Bonchev–Trinajstić information content (AvgIpc) is 3.70. The SMILES string of the molecule is COc1ccc(C2SC[C@@H](C(=O)O)N2C(=O)[C@H](Cc2ccc(OC(C)(C)C)cc2)NC(=O)OCC2c3ccccc3-c3ccccc32)c(OC)c1. The summed E-state index contributed by atoms with van der Waals surface area (Å²) >= 11 is 1.32. The van der Waals surface area contributed by atoms with Crippen molar-refractivity contribution >= 4 is 29.7 Å². The maximum absolute atomic E-state index is 14.6. The van der Waals surface area contributed by atoms with Crippen molar-refractivity contribution in [2.45, 2.75) is 56.2 Å². The van der Waals surface area contributed by atoms with Gasteiger partial charge in [-0.25, -0.2) is 9.59 Å². The fraction of sp³-hybridized carbons (Fsp3) is 0.325. The zero-order valence-corrected chi connectivity index (χ0v) is 30.1. The summed E-state index contributed by atoms with van der Waals surface area (Å²) in [7, 11) is 3.05. The molecule has 1 fully saturated rings. The Morgan fingerprint density at radius 3 is 2.08 bits per heavy atom. The van der Waals surface area contributed by atoms with Gasteiger partial charge in [0.2, 0.25) is 5.91 Å². The van der Waals surface area contributed by atoms with Gasteiger partial charge in [0.25, 0.3) is 0 Å². The first-order chi connectivity index (χ1) is 24.5. The summed E-state index contributed by atoms with van der Waals surface area (Å²) in [5, 5.41) is 12.4. The number of carbonyl (C=O) groups excluding carboxylic acids is 2. The van der Waals surface area contributed by atoms with E-state index in [0.29, 0.717) is 22.8 Å². The summed E-state index contributed by atoms with van der Waals surface area (Å²) in [6.07, 6.45) is -0.695. The average molecular weight is 711 g/mol. The molecule has 0 bridgehead atoms. The zero-order chi connectivity index (χ0) is 36.3. The second-order valence-corrected chi connectivity index (χ2v) is 14.6. The lowest BCUT2D eigenvalue weighted by molar-refractivity contribution is -0.150. The van der Waals surface area contributed by atoms with Gasteiger partial charge in [-0.1, -0.05) is 60.7 Å². The molecule has 0 radical (unpaired) electrons. The van der Waals surface area contributed by atoms with Crippen LogP contribution in [-0.2, 0) is 20.7 Å². The third-order valence-electron chi connectivity index (χ3n) is 8.97. The normalized spacial score (nSPS) is 17.2. The minimum Gasteiger partial charge on any atom is -0.497 e.